The van der Waals surface area contributed by atoms with Crippen LogP contribution in [-0.2, 0) is 14.4 Å². The molecule has 2 bridgehead atoms. The van der Waals surface area contributed by atoms with Gasteiger partial charge in [-0.3, -0.25) is 14.4 Å². The van der Waals surface area contributed by atoms with Crippen LogP contribution in [0.25, 0.3) is 0 Å². The van der Waals surface area contributed by atoms with E-state index in [1.807, 2.05) is 13.8 Å². The number of nitrogens with zero attached hydrogens (tertiary/aromatic N) is 1. The number of hydrogen-bond acceptors (Lipinski definition) is 5. The fraction of sp³-hybridized carbons (Fsp3) is 0.850. The Balaban J connectivity index is 2.05. The topological polar surface area (TPSA) is 98.7 Å². The molecule has 29 heavy (non-hydrogen) atoms. The first-order chi connectivity index (χ1) is 13.7. The summed E-state index contributed by atoms with van der Waals surface area (Å²) in [5.41, 5.74) is 0. The van der Waals surface area contributed by atoms with E-state index in [1.165, 1.54) is 0 Å². The Labute approximate surface area is 185 Å². The minimum atomic E-state index is -0.680. The molecule has 0 aromatic rings. The maximum atomic E-state index is 13.7. The zero-order chi connectivity index (χ0) is 21.5. The van der Waals surface area contributed by atoms with Crippen LogP contribution in [0.1, 0.15) is 40.0 Å². The van der Waals surface area contributed by atoms with Crippen LogP contribution in [0.15, 0.2) is 0 Å². The molecule has 164 valence electrons. The largest absolute Gasteiger partial charge is 0.394 e. The summed E-state index contributed by atoms with van der Waals surface area (Å²) in [6.07, 6.45) is 2.49. The minimum absolute atomic E-state index is 0.00876. The molecule has 3 aliphatic heterocycles. The maximum absolute atomic E-state index is 13.7. The average molecular weight is 490 g/mol. The summed E-state index contributed by atoms with van der Waals surface area (Å²) in [6, 6.07) is -1.13. The molecule has 3 unspecified atom stereocenters. The van der Waals surface area contributed by atoms with Crippen LogP contribution in [0.3, 0.4) is 0 Å². The van der Waals surface area contributed by atoms with Crippen molar-refractivity contribution < 1.29 is 19.5 Å². The summed E-state index contributed by atoms with van der Waals surface area (Å²) in [5, 5.41) is 15.8. The number of halogens is 1. The van der Waals surface area contributed by atoms with E-state index in [0.29, 0.717) is 13.0 Å². The third kappa shape index (κ3) is 3.51. The third-order valence-corrected chi connectivity index (χ3v) is 9.89. The number of carbonyl (C=O) groups excluding carboxylic acids is 3. The van der Waals surface area contributed by atoms with Gasteiger partial charge in [0.15, 0.2) is 0 Å². The number of alkyl halides is 1. The van der Waals surface area contributed by atoms with Crippen molar-refractivity contribution in [2.24, 2.45) is 17.8 Å². The SMILES string of the molecule is CCCCNC(=O)C1N([C@@H](CO)C(C)C)C(=O)[C@@H]2[C@H](C(=O)NC)[C@H]3SC12CC3Br. The molecule has 3 rings (SSSR count). The van der Waals surface area contributed by atoms with E-state index in [-0.39, 0.29) is 40.3 Å². The Morgan fingerprint density at radius 3 is 2.62 bits per heavy atom. The number of thioether (sulfide) groups is 1. The number of hydrogen-bond donors (Lipinski definition) is 3. The third-order valence-electron chi connectivity index (χ3n) is 6.67. The molecule has 0 aromatic heterocycles. The van der Waals surface area contributed by atoms with Gasteiger partial charge in [0.25, 0.3) is 0 Å². The van der Waals surface area contributed by atoms with Crippen molar-refractivity contribution in [3.05, 3.63) is 0 Å². The Morgan fingerprint density at radius 1 is 1.38 bits per heavy atom. The van der Waals surface area contributed by atoms with Gasteiger partial charge in [-0.05, 0) is 18.8 Å². The van der Waals surface area contributed by atoms with E-state index >= 15 is 0 Å². The van der Waals surface area contributed by atoms with Crippen LogP contribution in [0.2, 0.25) is 0 Å². The number of fused-ring (bicyclic) bond motifs is 1. The summed E-state index contributed by atoms with van der Waals surface area (Å²) in [4.78, 5) is 41.5. The Bertz CT molecular complexity index is 678. The molecule has 7 nitrogen and oxygen atoms in total. The maximum Gasteiger partial charge on any atom is 0.244 e. The highest BCUT2D eigenvalue weighted by atomic mass is 79.9. The normalized spacial score (nSPS) is 36.4. The fourth-order valence-corrected chi connectivity index (χ4v) is 8.90. The van der Waals surface area contributed by atoms with Crippen LogP contribution >= 0.6 is 27.7 Å². The highest BCUT2D eigenvalue weighted by Gasteiger charge is 2.76. The van der Waals surface area contributed by atoms with Crippen molar-refractivity contribution in [1.82, 2.24) is 15.5 Å². The zero-order valence-corrected chi connectivity index (χ0v) is 19.9. The van der Waals surface area contributed by atoms with Gasteiger partial charge in [0.2, 0.25) is 17.7 Å². The molecule has 0 radical (unpaired) electrons. The van der Waals surface area contributed by atoms with Crippen LogP contribution in [0, 0.1) is 17.8 Å². The van der Waals surface area contributed by atoms with Gasteiger partial charge in [0, 0.05) is 23.7 Å². The number of nitrogens with one attached hydrogen (secondary N) is 2. The molecule has 3 N–H and O–H groups in total. The summed E-state index contributed by atoms with van der Waals surface area (Å²) < 4.78 is -0.647. The summed E-state index contributed by atoms with van der Waals surface area (Å²) in [6.45, 7) is 6.30. The lowest BCUT2D eigenvalue weighted by Crippen LogP contribution is -2.58. The predicted octanol–water partition coefficient (Wildman–Crippen LogP) is 1.13. The first-order valence-electron chi connectivity index (χ1n) is 10.5. The Morgan fingerprint density at radius 2 is 2.07 bits per heavy atom. The second-order valence-electron chi connectivity index (χ2n) is 8.66. The molecule has 3 heterocycles. The van der Waals surface area contributed by atoms with Gasteiger partial charge in [0.05, 0.1) is 29.2 Å². The van der Waals surface area contributed by atoms with Crippen LogP contribution in [0.4, 0.5) is 0 Å². The molecule has 1 spiro atoms. The standard InChI is InChI=1S/C20H32BrN3O4S/c1-5-6-7-23-18(27)16-20-8-11(21)15(29-20)13(17(26)22-4)14(20)19(28)24(16)12(9-25)10(2)3/h10-16,25H,5-9H2,1-4H3,(H,22,26)(H,23,27)/t11?,12-,13-,14-,15-,16?,20?/m0/s1. The second kappa shape index (κ2) is 8.75. The van der Waals surface area contributed by atoms with Crippen molar-refractivity contribution in [3.8, 4) is 0 Å². The number of carbonyl (C=O) groups is 3. The van der Waals surface area contributed by atoms with Crippen molar-refractivity contribution in [2.75, 3.05) is 20.2 Å². The molecule has 0 aromatic carbocycles. The second-order valence-corrected chi connectivity index (χ2v) is 11.4. The Hall–Kier alpha value is -0.800. The highest BCUT2D eigenvalue weighted by Crippen LogP contribution is 2.68. The van der Waals surface area contributed by atoms with E-state index < -0.39 is 28.7 Å². The lowest BCUT2D eigenvalue weighted by Gasteiger charge is -2.38. The van der Waals surface area contributed by atoms with E-state index in [4.69, 9.17) is 0 Å². The molecule has 3 saturated heterocycles. The average Bonchev–Trinajstić information content (AvgIpc) is 3.26. The van der Waals surface area contributed by atoms with Gasteiger partial charge in [-0.15, -0.1) is 11.8 Å². The van der Waals surface area contributed by atoms with E-state index in [2.05, 4.69) is 33.5 Å². The van der Waals surface area contributed by atoms with Crippen LogP contribution in [0.5, 0.6) is 0 Å². The summed E-state index contributed by atoms with van der Waals surface area (Å²) >= 11 is 5.34. The van der Waals surface area contributed by atoms with Crippen LogP contribution < -0.4 is 10.6 Å². The lowest BCUT2D eigenvalue weighted by atomic mass is 9.70. The number of amides is 3. The van der Waals surface area contributed by atoms with Gasteiger partial charge in [0.1, 0.15) is 6.04 Å². The quantitative estimate of drug-likeness (QED) is 0.350. The van der Waals surface area contributed by atoms with E-state index in [0.717, 1.165) is 12.8 Å². The number of aliphatic hydroxyl groups excluding tert-OH is 1. The van der Waals surface area contributed by atoms with Crippen molar-refractivity contribution in [3.63, 3.8) is 0 Å². The van der Waals surface area contributed by atoms with Gasteiger partial charge < -0.3 is 20.6 Å². The summed E-state index contributed by atoms with van der Waals surface area (Å²) in [7, 11) is 1.59. The Kier molecular flexibility index (Phi) is 6.90. The zero-order valence-electron chi connectivity index (χ0n) is 17.5. The first kappa shape index (κ1) is 22.9. The number of rotatable bonds is 8. The number of likely N-dealkylation sites (tertiary alicyclic amines) is 1. The minimum Gasteiger partial charge on any atom is -0.394 e. The summed E-state index contributed by atoms with van der Waals surface area (Å²) in [5.74, 6) is -1.51. The monoisotopic (exact) mass is 489 g/mol. The van der Waals surface area contributed by atoms with Gasteiger partial charge in [-0.25, -0.2) is 0 Å². The fourth-order valence-electron chi connectivity index (χ4n) is 5.30. The number of aliphatic hydroxyl groups is 1. The molecule has 0 saturated carbocycles. The molecule has 0 aliphatic carbocycles. The molecule has 3 fully saturated rings. The molecule has 3 amide bonds. The van der Waals surface area contributed by atoms with Gasteiger partial charge >= 0.3 is 0 Å². The molecule has 7 atom stereocenters. The predicted molar refractivity (Wildman–Crippen MR) is 117 cm³/mol. The van der Waals surface area contributed by atoms with E-state index in [1.54, 1.807) is 23.7 Å². The first-order valence-corrected chi connectivity index (χ1v) is 12.3. The lowest BCUT2D eigenvalue weighted by molar-refractivity contribution is -0.143. The molecular formula is C20H32BrN3O4S. The number of unbranched alkanes of at least 4 members (excludes halogenated alkanes) is 1. The highest BCUT2D eigenvalue weighted by molar-refractivity contribution is 9.09. The van der Waals surface area contributed by atoms with E-state index in [9.17, 15) is 19.5 Å². The van der Waals surface area contributed by atoms with Crippen molar-refractivity contribution >= 4 is 45.4 Å². The molecular weight excluding hydrogens is 458 g/mol. The van der Waals surface area contributed by atoms with Gasteiger partial charge in [-0.1, -0.05) is 43.1 Å². The van der Waals surface area contributed by atoms with Crippen LogP contribution in [-0.4, -0.2) is 74.8 Å². The van der Waals surface area contributed by atoms with Crippen molar-refractivity contribution in [1.29, 1.82) is 0 Å². The van der Waals surface area contributed by atoms with Crippen molar-refractivity contribution in [2.45, 2.75) is 66.9 Å². The smallest absolute Gasteiger partial charge is 0.244 e. The molecule has 9 heteroatoms. The van der Waals surface area contributed by atoms with Gasteiger partial charge in [-0.2, -0.15) is 0 Å². The molecule has 3 aliphatic rings.